The molecule has 1 N–H and O–H groups in total. The number of hydrogen-bond donors (Lipinski definition) is 1. The first-order valence-electron chi connectivity index (χ1n) is 4.69. The van der Waals surface area contributed by atoms with Gasteiger partial charge in [-0.2, -0.15) is 0 Å². The minimum Gasteiger partial charge on any atom is -0.359 e. The van der Waals surface area contributed by atoms with E-state index in [1.165, 1.54) is 0 Å². The van der Waals surface area contributed by atoms with Crippen LogP contribution in [0.4, 0.5) is 0 Å². The van der Waals surface area contributed by atoms with Crippen molar-refractivity contribution in [2.75, 3.05) is 7.05 Å². The fourth-order valence-corrected chi connectivity index (χ4v) is 1.29. The number of amides is 1. The maximum Gasteiger partial charge on any atom is 0.228 e. The molecule has 14 heavy (non-hydrogen) atoms. The largest absolute Gasteiger partial charge is 0.359 e. The Kier molecular flexibility index (Phi) is 3.56. The van der Waals surface area contributed by atoms with Crippen molar-refractivity contribution in [3.63, 3.8) is 0 Å². The summed E-state index contributed by atoms with van der Waals surface area (Å²) in [5.41, 5.74) is 1.60. The summed E-state index contributed by atoms with van der Waals surface area (Å²) in [5, 5.41) is 2.62. The predicted octanol–water partition coefficient (Wildman–Crippen LogP) is 1.02. The second-order valence-corrected chi connectivity index (χ2v) is 3.16. The van der Waals surface area contributed by atoms with Gasteiger partial charge in [-0.3, -0.25) is 14.8 Å². The van der Waals surface area contributed by atoms with Crippen molar-refractivity contribution in [3.05, 3.63) is 23.8 Å². The van der Waals surface area contributed by atoms with Crippen molar-refractivity contribution in [3.8, 4) is 0 Å². The second-order valence-electron chi connectivity index (χ2n) is 3.16. The molecule has 0 saturated carbocycles. The monoisotopic (exact) mass is 193 g/mol. The molecule has 0 aliphatic rings. The molecule has 0 aliphatic heterocycles. The van der Waals surface area contributed by atoms with Gasteiger partial charge >= 0.3 is 0 Å². The highest BCUT2D eigenvalue weighted by molar-refractivity contribution is 5.82. The molecule has 0 spiro atoms. The lowest BCUT2D eigenvalue weighted by atomic mass is 10.0. The number of rotatable bonds is 3. The molecule has 1 rings (SSSR count). The van der Waals surface area contributed by atoms with Crippen LogP contribution in [0, 0.1) is 6.92 Å². The van der Waals surface area contributed by atoms with Crippen molar-refractivity contribution >= 4 is 5.91 Å². The Balaban J connectivity index is 2.89. The van der Waals surface area contributed by atoms with Gasteiger partial charge in [0, 0.05) is 19.4 Å². The van der Waals surface area contributed by atoms with Gasteiger partial charge in [0.05, 0.1) is 17.3 Å². The Morgan fingerprint density at radius 1 is 1.50 bits per heavy atom. The van der Waals surface area contributed by atoms with Crippen LogP contribution >= 0.6 is 0 Å². The van der Waals surface area contributed by atoms with E-state index in [0.29, 0.717) is 0 Å². The Labute approximate surface area is 83.8 Å². The molecule has 1 aromatic rings. The van der Waals surface area contributed by atoms with E-state index in [-0.39, 0.29) is 11.8 Å². The average Bonchev–Trinajstić information content (AvgIpc) is 2.21. The third-order valence-electron chi connectivity index (χ3n) is 2.13. The molecule has 4 heteroatoms. The fourth-order valence-electron chi connectivity index (χ4n) is 1.29. The predicted molar refractivity (Wildman–Crippen MR) is 53.9 cm³/mol. The first kappa shape index (κ1) is 10.6. The highest BCUT2D eigenvalue weighted by Crippen LogP contribution is 2.16. The quantitative estimate of drug-likeness (QED) is 0.779. The molecular formula is C10H15N3O. The molecule has 0 aromatic carbocycles. The SMILES string of the molecule is CCC(C(=O)NC)c1cnc(C)cn1. The van der Waals surface area contributed by atoms with Gasteiger partial charge in [0.15, 0.2) is 0 Å². The zero-order valence-corrected chi connectivity index (χ0v) is 8.74. The summed E-state index contributed by atoms with van der Waals surface area (Å²) in [6.07, 6.45) is 4.08. The van der Waals surface area contributed by atoms with Gasteiger partial charge in [0.25, 0.3) is 0 Å². The fraction of sp³-hybridized carbons (Fsp3) is 0.500. The molecule has 0 saturated heterocycles. The Bertz CT molecular complexity index is 308. The van der Waals surface area contributed by atoms with Crippen LogP contribution in [0.1, 0.15) is 30.7 Å². The van der Waals surface area contributed by atoms with Crippen LogP contribution in [0.2, 0.25) is 0 Å². The number of likely N-dealkylation sites (N-methyl/N-ethyl adjacent to an activating group) is 1. The highest BCUT2D eigenvalue weighted by atomic mass is 16.1. The summed E-state index contributed by atoms with van der Waals surface area (Å²) < 4.78 is 0. The summed E-state index contributed by atoms with van der Waals surface area (Å²) in [4.78, 5) is 19.8. The van der Waals surface area contributed by atoms with E-state index in [1.807, 2.05) is 13.8 Å². The lowest BCUT2D eigenvalue weighted by molar-refractivity contribution is -0.122. The Morgan fingerprint density at radius 2 is 2.21 bits per heavy atom. The average molecular weight is 193 g/mol. The highest BCUT2D eigenvalue weighted by Gasteiger charge is 2.18. The molecule has 76 valence electrons. The van der Waals surface area contributed by atoms with E-state index in [4.69, 9.17) is 0 Å². The number of nitrogens with one attached hydrogen (secondary N) is 1. The summed E-state index contributed by atoms with van der Waals surface area (Å²) >= 11 is 0. The molecule has 0 aliphatic carbocycles. The second kappa shape index (κ2) is 4.69. The van der Waals surface area contributed by atoms with Crippen LogP contribution in [-0.4, -0.2) is 22.9 Å². The van der Waals surface area contributed by atoms with E-state index in [0.717, 1.165) is 17.8 Å². The van der Waals surface area contributed by atoms with Crippen LogP contribution in [0.3, 0.4) is 0 Å². The van der Waals surface area contributed by atoms with E-state index in [1.54, 1.807) is 19.4 Å². The number of nitrogens with zero attached hydrogens (tertiary/aromatic N) is 2. The van der Waals surface area contributed by atoms with Gasteiger partial charge in [0.1, 0.15) is 0 Å². The lowest BCUT2D eigenvalue weighted by Crippen LogP contribution is -2.26. The summed E-state index contributed by atoms with van der Waals surface area (Å²) in [5.74, 6) is -0.196. The molecule has 1 amide bonds. The topological polar surface area (TPSA) is 54.9 Å². The number of aromatic nitrogens is 2. The molecule has 1 unspecified atom stereocenters. The number of carbonyl (C=O) groups excluding carboxylic acids is 1. The minimum absolute atomic E-state index is 0.00865. The summed E-state index contributed by atoms with van der Waals surface area (Å²) in [6, 6.07) is 0. The molecule has 0 fully saturated rings. The van der Waals surface area contributed by atoms with Crippen molar-refractivity contribution in [2.24, 2.45) is 0 Å². The zero-order valence-electron chi connectivity index (χ0n) is 8.74. The molecule has 4 nitrogen and oxygen atoms in total. The Hall–Kier alpha value is -1.45. The maximum absolute atomic E-state index is 11.4. The lowest BCUT2D eigenvalue weighted by Gasteiger charge is -2.11. The van der Waals surface area contributed by atoms with Crippen LogP contribution in [0.25, 0.3) is 0 Å². The normalized spacial score (nSPS) is 12.2. The zero-order chi connectivity index (χ0) is 10.6. The molecule has 1 aromatic heterocycles. The van der Waals surface area contributed by atoms with Crippen LogP contribution in [0.15, 0.2) is 12.4 Å². The smallest absolute Gasteiger partial charge is 0.228 e. The summed E-state index contributed by atoms with van der Waals surface area (Å²) in [6.45, 7) is 3.83. The first-order chi connectivity index (χ1) is 6.69. The standard InChI is InChI=1S/C10H15N3O/c1-4-8(10(14)11-3)9-6-12-7(2)5-13-9/h5-6,8H,4H2,1-3H3,(H,11,14). The van der Waals surface area contributed by atoms with E-state index in [2.05, 4.69) is 15.3 Å². The molecule has 0 radical (unpaired) electrons. The molecule has 1 heterocycles. The molecule has 1 atom stereocenters. The van der Waals surface area contributed by atoms with Crippen molar-refractivity contribution < 1.29 is 4.79 Å². The van der Waals surface area contributed by atoms with E-state index < -0.39 is 0 Å². The number of carbonyl (C=O) groups is 1. The minimum atomic E-state index is -0.187. The van der Waals surface area contributed by atoms with Gasteiger partial charge in [0.2, 0.25) is 5.91 Å². The van der Waals surface area contributed by atoms with Crippen molar-refractivity contribution in [1.29, 1.82) is 0 Å². The van der Waals surface area contributed by atoms with Crippen molar-refractivity contribution in [1.82, 2.24) is 15.3 Å². The maximum atomic E-state index is 11.4. The van der Waals surface area contributed by atoms with Crippen LogP contribution in [-0.2, 0) is 4.79 Å². The van der Waals surface area contributed by atoms with Crippen molar-refractivity contribution in [2.45, 2.75) is 26.2 Å². The van der Waals surface area contributed by atoms with Gasteiger partial charge in [-0.15, -0.1) is 0 Å². The van der Waals surface area contributed by atoms with E-state index in [9.17, 15) is 4.79 Å². The molecule has 0 bridgehead atoms. The van der Waals surface area contributed by atoms with Gasteiger partial charge in [-0.05, 0) is 13.3 Å². The van der Waals surface area contributed by atoms with Gasteiger partial charge in [-0.1, -0.05) is 6.92 Å². The van der Waals surface area contributed by atoms with E-state index >= 15 is 0 Å². The third kappa shape index (κ3) is 2.28. The van der Waals surface area contributed by atoms with Crippen LogP contribution in [0.5, 0.6) is 0 Å². The third-order valence-corrected chi connectivity index (χ3v) is 2.13. The van der Waals surface area contributed by atoms with Gasteiger partial charge < -0.3 is 5.32 Å². The van der Waals surface area contributed by atoms with Crippen LogP contribution < -0.4 is 5.32 Å². The van der Waals surface area contributed by atoms with Gasteiger partial charge in [-0.25, -0.2) is 0 Å². The molecular weight excluding hydrogens is 178 g/mol. The number of hydrogen-bond acceptors (Lipinski definition) is 3. The summed E-state index contributed by atoms with van der Waals surface area (Å²) in [7, 11) is 1.63. The first-order valence-corrected chi connectivity index (χ1v) is 4.69. The number of aryl methyl sites for hydroxylation is 1. The Morgan fingerprint density at radius 3 is 2.64 bits per heavy atom.